The standard InChI is InChI=1S/C26H27F3N2O3/c1-17(34-3)19-8-10-22-21(16-19)25(24(33)30(22)2)12-14-31(15-13-25)23(32)11-9-18-6-4-5-7-20(18)26(27,28)29/h4-8,10,16H,1,9,11-15H2,2-3H3. The van der Waals surface area contributed by atoms with Crippen molar-refractivity contribution in [1.82, 2.24) is 4.90 Å². The number of likely N-dealkylation sites (tertiary alicyclic amines) is 1. The number of fused-ring (bicyclic) bond motifs is 2. The van der Waals surface area contributed by atoms with Gasteiger partial charge in [-0.15, -0.1) is 0 Å². The summed E-state index contributed by atoms with van der Waals surface area (Å²) in [7, 11) is 3.29. The van der Waals surface area contributed by atoms with Crippen LogP contribution in [-0.2, 0) is 32.3 Å². The van der Waals surface area contributed by atoms with E-state index in [1.165, 1.54) is 12.1 Å². The zero-order valence-electron chi connectivity index (χ0n) is 19.2. The number of benzene rings is 2. The molecule has 8 heteroatoms. The summed E-state index contributed by atoms with van der Waals surface area (Å²) in [5.74, 6) is 0.299. The molecule has 1 saturated heterocycles. The molecule has 0 aliphatic carbocycles. The first kappa shape index (κ1) is 23.9. The second-order valence-electron chi connectivity index (χ2n) is 8.84. The van der Waals surface area contributed by atoms with Crippen LogP contribution in [-0.4, -0.2) is 44.0 Å². The van der Waals surface area contributed by atoms with E-state index in [9.17, 15) is 22.8 Å². The third kappa shape index (κ3) is 4.06. The molecule has 0 atom stereocenters. The highest BCUT2D eigenvalue weighted by molar-refractivity contribution is 6.08. The second kappa shape index (κ2) is 8.81. The van der Waals surface area contributed by atoms with Crippen LogP contribution in [0, 0.1) is 0 Å². The molecule has 2 aliphatic heterocycles. The van der Waals surface area contributed by atoms with Crippen molar-refractivity contribution >= 4 is 23.3 Å². The molecule has 2 amide bonds. The lowest BCUT2D eigenvalue weighted by Gasteiger charge is -2.38. The van der Waals surface area contributed by atoms with E-state index in [-0.39, 0.29) is 30.2 Å². The van der Waals surface area contributed by atoms with Gasteiger partial charge in [0, 0.05) is 37.8 Å². The van der Waals surface area contributed by atoms with Crippen LogP contribution in [0.3, 0.4) is 0 Å². The molecule has 0 unspecified atom stereocenters. The minimum absolute atomic E-state index is 0.00566. The van der Waals surface area contributed by atoms with E-state index in [1.807, 2.05) is 18.2 Å². The van der Waals surface area contributed by atoms with Crippen molar-refractivity contribution in [3.63, 3.8) is 0 Å². The molecule has 1 spiro atoms. The number of amides is 2. The quantitative estimate of drug-likeness (QED) is 0.588. The highest BCUT2D eigenvalue weighted by atomic mass is 19.4. The van der Waals surface area contributed by atoms with Crippen LogP contribution < -0.4 is 4.90 Å². The van der Waals surface area contributed by atoms with Crippen LogP contribution in [0.2, 0.25) is 0 Å². The van der Waals surface area contributed by atoms with Gasteiger partial charge < -0.3 is 14.5 Å². The van der Waals surface area contributed by atoms with Gasteiger partial charge in [0.25, 0.3) is 0 Å². The lowest BCUT2D eigenvalue weighted by Crippen LogP contribution is -2.49. The molecule has 0 aromatic heterocycles. The summed E-state index contributed by atoms with van der Waals surface area (Å²) >= 11 is 0. The fourth-order valence-electron chi connectivity index (χ4n) is 5.08. The Hall–Kier alpha value is -3.29. The number of anilines is 1. The summed E-state index contributed by atoms with van der Waals surface area (Å²) in [6.45, 7) is 4.64. The van der Waals surface area contributed by atoms with Crippen molar-refractivity contribution in [2.75, 3.05) is 32.1 Å². The molecule has 5 nitrogen and oxygen atoms in total. The first-order valence-electron chi connectivity index (χ1n) is 11.2. The molecular formula is C26H27F3N2O3. The summed E-state index contributed by atoms with van der Waals surface area (Å²) < 4.78 is 45.0. The van der Waals surface area contributed by atoms with Crippen LogP contribution in [0.5, 0.6) is 0 Å². The van der Waals surface area contributed by atoms with E-state index in [0.29, 0.717) is 31.7 Å². The Morgan fingerprint density at radius 2 is 1.82 bits per heavy atom. The van der Waals surface area contributed by atoms with Crippen molar-refractivity contribution in [1.29, 1.82) is 0 Å². The number of ether oxygens (including phenoxy) is 1. The lowest BCUT2D eigenvalue weighted by molar-refractivity contribution is -0.139. The number of hydrogen-bond donors (Lipinski definition) is 0. The fourth-order valence-corrected chi connectivity index (χ4v) is 5.08. The summed E-state index contributed by atoms with van der Waals surface area (Å²) in [4.78, 5) is 29.4. The number of aryl methyl sites for hydroxylation is 1. The van der Waals surface area contributed by atoms with Crippen molar-refractivity contribution in [3.8, 4) is 0 Å². The minimum atomic E-state index is -4.45. The number of rotatable bonds is 5. The van der Waals surface area contributed by atoms with E-state index in [4.69, 9.17) is 4.74 Å². The molecule has 180 valence electrons. The Morgan fingerprint density at radius 3 is 2.47 bits per heavy atom. The van der Waals surface area contributed by atoms with E-state index >= 15 is 0 Å². The topological polar surface area (TPSA) is 49.9 Å². The van der Waals surface area contributed by atoms with Crippen LogP contribution in [0.25, 0.3) is 5.76 Å². The third-order valence-corrected chi connectivity index (χ3v) is 7.06. The molecule has 34 heavy (non-hydrogen) atoms. The number of alkyl halides is 3. The Kier molecular flexibility index (Phi) is 6.18. The summed E-state index contributed by atoms with van der Waals surface area (Å²) in [6.07, 6.45) is -3.54. The van der Waals surface area contributed by atoms with Gasteiger partial charge in [0.15, 0.2) is 0 Å². The minimum Gasteiger partial charge on any atom is -0.497 e. The number of carbonyl (C=O) groups excluding carboxylic acids is 2. The van der Waals surface area contributed by atoms with Gasteiger partial charge >= 0.3 is 6.18 Å². The number of halogens is 3. The van der Waals surface area contributed by atoms with Gasteiger partial charge in [0.1, 0.15) is 5.76 Å². The van der Waals surface area contributed by atoms with Gasteiger partial charge in [-0.3, -0.25) is 9.59 Å². The molecule has 2 aliphatic rings. The zero-order chi connectivity index (χ0) is 24.7. The predicted octanol–water partition coefficient (Wildman–Crippen LogP) is 4.79. The maximum atomic E-state index is 13.3. The van der Waals surface area contributed by atoms with Gasteiger partial charge in [-0.25, -0.2) is 0 Å². The molecular weight excluding hydrogens is 445 g/mol. The largest absolute Gasteiger partial charge is 0.497 e. The van der Waals surface area contributed by atoms with E-state index in [2.05, 4.69) is 6.58 Å². The molecule has 2 aromatic carbocycles. The third-order valence-electron chi connectivity index (χ3n) is 7.06. The molecule has 0 bridgehead atoms. The maximum Gasteiger partial charge on any atom is 0.416 e. The van der Waals surface area contributed by atoms with E-state index in [0.717, 1.165) is 22.9 Å². The van der Waals surface area contributed by atoms with Crippen LogP contribution >= 0.6 is 0 Å². The highest BCUT2D eigenvalue weighted by Crippen LogP contribution is 2.48. The van der Waals surface area contributed by atoms with Crippen molar-refractivity contribution in [2.45, 2.75) is 37.3 Å². The number of methoxy groups -OCH3 is 1. The normalized spacial score (nSPS) is 17.1. The number of carbonyl (C=O) groups is 2. The Balaban J connectivity index is 1.47. The smallest absolute Gasteiger partial charge is 0.416 e. The van der Waals surface area contributed by atoms with Crippen molar-refractivity contribution in [2.24, 2.45) is 0 Å². The first-order chi connectivity index (χ1) is 16.1. The summed E-state index contributed by atoms with van der Waals surface area (Å²) in [6, 6.07) is 11.0. The Morgan fingerprint density at radius 1 is 1.15 bits per heavy atom. The molecule has 1 fully saturated rings. The average molecular weight is 473 g/mol. The molecule has 0 saturated carbocycles. The number of piperidine rings is 1. The van der Waals surface area contributed by atoms with Crippen LogP contribution in [0.1, 0.15) is 41.5 Å². The Bertz CT molecular complexity index is 1130. The molecule has 0 radical (unpaired) electrons. The molecule has 4 rings (SSSR count). The molecule has 2 aromatic rings. The predicted molar refractivity (Wildman–Crippen MR) is 123 cm³/mol. The van der Waals surface area contributed by atoms with Gasteiger partial charge in [-0.2, -0.15) is 13.2 Å². The van der Waals surface area contributed by atoms with Gasteiger partial charge in [-0.1, -0.05) is 24.8 Å². The van der Waals surface area contributed by atoms with E-state index in [1.54, 1.807) is 30.0 Å². The number of likely N-dealkylation sites (N-methyl/N-ethyl adjacent to an activating group) is 1. The van der Waals surface area contributed by atoms with Gasteiger partial charge in [0.2, 0.25) is 11.8 Å². The average Bonchev–Trinajstić information content (AvgIpc) is 3.03. The SMILES string of the molecule is C=C(OC)c1ccc2c(c1)C1(CCN(C(=O)CCc3ccccc3C(F)(F)F)CC1)C(=O)N2C. The fraction of sp³-hybridized carbons (Fsp3) is 0.385. The number of hydrogen-bond acceptors (Lipinski definition) is 3. The monoisotopic (exact) mass is 472 g/mol. The highest BCUT2D eigenvalue weighted by Gasteiger charge is 2.51. The van der Waals surface area contributed by atoms with Crippen LogP contribution in [0.4, 0.5) is 18.9 Å². The number of nitrogens with zero attached hydrogens (tertiary/aromatic N) is 2. The Labute approximate surface area is 196 Å². The van der Waals surface area contributed by atoms with E-state index < -0.39 is 17.2 Å². The molecule has 0 N–H and O–H groups in total. The maximum absolute atomic E-state index is 13.3. The summed E-state index contributed by atoms with van der Waals surface area (Å²) in [5.41, 5.74) is 1.22. The second-order valence-corrected chi connectivity index (χ2v) is 8.84. The van der Waals surface area contributed by atoms with Crippen molar-refractivity contribution in [3.05, 3.63) is 71.3 Å². The zero-order valence-corrected chi connectivity index (χ0v) is 19.2. The van der Waals surface area contributed by atoms with Crippen molar-refractivity contribution < 1.29 is 27.5 Å². The van der Waals surface area contributed by atoms with Gasteiger partial charge in [0.05, 0.1) is 18.1 Å². The van der Waals surface area contributed by atoms with Gasteiger partial charge in [-0.05, 0) is 54.7 Å². The van der Waals surface area contributed by atoms with Crippen LogP contribution in [0.15, 0.2) is 49.0 Å². The molecule has 2 heterocycles. The first-order valence-corrected chi connectivity index (χ1v) is 11.2. The lowest BCUT2D eigenvalue weighted by atomic mass is 9.73. The summed E-state index contributed by atoms with van der Waals surface area (Å²) in [5, 5.41) is 0.